The molecule has 0 saturated carbocycles. The molecule has 2 N–H and O–H groups in total. The Bertz CT molecular complexity index is 104. The minimum absolute atomic E-state index is 0.701. The fraction of sp³-hybridized carbons (Fsp3) is 1.00. The van der Waals surface area contributed by atoms with Crippen molar-refractivity contribution in [3.8, 4) is 0 Å². The lowest BCUT2D eigenvalue weighted by Gasteiger charge is -2.13. The van der Waals surface area contributed by atoms with Gasteiger partial charge in [-0.2, -0.15) is 11.8 Å². The Morgan fingerprint density at radius 2 is 2.55 bits per heavy atom. The first-order valence-electron chi connectivity index (χ1n) is 4.26. The van der Waals surface area contributed by atoms with Crippen LogP contribution in [0.5, 0.6) is 0 Å². The zero-order chi connectivity index (χ0) is 8.10. The maximum Gasteiger partial charge on any atom is 0.0585 e. The quantitative estimate of drug-likeness (QED) is 0.698. The lowest BCUT2D eigenvalue weighted by molar-refractivity contribution is 0.199. The molecule has 1 aliphatic rings. The van der Waals surface area contributed by atoms with Gasteiger partial charge in [0.2, 0.25) is 0 Å². The van der Waals surface area contributed by atoms with Crippen molar-refractivity contribution in [2.24, 2.45) is 5.73 Å². The third-order valence-corrected chi connectivity index (χ3v) is 3.34. The summed E-state index contributed by atoms with van der Waals surface area (Å²) < 4.78 is 5.28. The summed E-state index contributed by atoms with van der Waals surface area (Å²) in [6, 6.07) is 0. The summed E-state index contributed by atoms with van der Waals surface area (Å²) in [5.41, 5.74) is 5.46. The van der Waals surface area contributed by atoms with Crippen LogP contribution in [0.1, 0.15) is 19.8 Å². The van der Waals surface area contributed by atoms with Gasteiger partial charge in [0, 0.05) is 17.1 Å². The molecule has 0 aromatic carbocycles. The van der Waals surface area contributed by atoms with Crippen molar-refractivity contribution in [3.05, 3.63) is 0 Å². The SMILES string of the molecule is CC(CCN)SC1CCOC1. The zero-order valence-electron chi connectivity index (χ0n) is 7.08. The highest BCUT2D eigenvalue weighted by molar-refractivity contribution is 8.00. The molecule has 2 unspecified atom stereocenters. The molecule has 0 spiro atoms. The fourth-order valence-electron chi connectivity index (χ4n) is 1.25. The summed E-state index contributed by atoms with van der Waals surface area (Å²) in [6.45, 7) is 4.95. The second-order valence-electron chi connectivity index (χ2n) is 3.01. The van der Waals surface area contributed by atoms with Gasteiger partial charge < -0.3 is 10.5 Å². The molecule has 0 aromatic heterocycles. The summed E-state index contributed by atoms with van der Waals surface area (Å²) >= 11 is 2.03. The number of hydrogen-bond donors (Lipinski definition) is 1. The molecule has 1 heterocycles. The predicted octanol–water partition coefficient (Wildman–Crippen LogP) is 1.25. The van der Waals surface area contributed by atoms with Crippen LogP contribution < -0.4 is 5.73 Å². The van der Waals surface area contributed by atoms with Gasteiger partial charge in [0.05, 0.1) is 6.61 Å². The minimum atomic E-state index is 0.701. The lowest BCUT2D eigenvalue weighted by Crippen LogP contribution is -2.12. The van der Waals surface area contributed by atoms with Crippen molar-refractivity contribution in [1.29, 1.82) is 0 Å². The van der Waals surface area contributed by atoms with Crippen molar-refractivity contribution in [2.45, 2.75) is 30.3 Å². The van der Waals surface area contributed by atoms with Crippen LogP contribution in [0.15, 0.2) is 0 Å². The molecule has 2 atom stereocenters. The van der Waals surface area contributed by atoms with E-state index in [0.717, 1.165) is 31.4 Å². The topological polar surface area (TPSA) is 35.2 Å². The average molecular weight is 175 g/mol. The smallest absolute Gasteiger partial charge is 0.0585 e. The van der Waals surface area contributed by atoms with Gasteiger partial charge in [-0.05, 0) is 19.4 Å². The van der Waals surface area contributed by atoms with E-state index in [1.165, 1.54) is 6.42 Å². The summed E-state index contributed by atoms with van der Waals surface area (Å²) in [6.07, 6.45) is 2.35. The van der Waals surface area contributed by atoms with E-state index in [1.54, 1.807) is 0 Å². The van der Waals surface area contributed by atoms with E-state index < -0.39 is 0 Å². The van der Waals surface area contributed by atoms with Gasteiger partial charge in [0.15, 0.2) is 0 Å². The Morgan fingerprint density at radius 3 is 3.09 bits per heavy atom. The van der Waals surface area contributed by atoms with E-state index in [1.807, 2.05) is 11.8 Å². The average Bonchev–Trinajstić information content (AvgIpc) is 2.40. The molecule has 11 heavy (non-hydrogen) atoms. The van der Waals surface area contributed by atoms with Gasteiger partial charge in [0.25, 0.3) is 0 Å². The van der Waals surface area contributed by atoms with Crippen LogP contribution in [-0.2, 0) is 4.74 Å². The van der Waals surface area contributed by atoms with Gasteiger partial charge in [-0.15, -0.1) is 0 Å². The summed E-state index contributed by atoms with van der Waals surface area (Å²) in [7, 11) is 0. The van der Waals surface area contributed by atoms with Gasteiger partial charge in [-0.25, -0.2) is 0 Å². The van der Waals surface area contributed by atoms with Crippen molar-refractivity contribution in [3.63, 3.8) is 0 Å². The van der Waals surface area contributed by atoms with E-state index >= 15 is 0 Å². The second-order valence-corrected chi connectivity index (χ2v) is 4.75. The van der Waals surface area contributed by atoms with E-state index in [9.17, 15) is 0 Å². The first-order valence-corrected chi connectivity index (χ1v) is 5.20. The van der Waals surface area contributed by atoms with Crippen LogP contribution in [0, 0.1) is 0 Å². The molecule has 0 radical (unpaired) electrons. The van der Waals surface area contributed by atoms with Gasteiger partial charge in [-0.1, -0.05) is 6.92 Å². The molecular weight excluding hydrogens is 158 g/mol. The monoisotopic (exact) mass is 175 g/mol. The molecule has 0 amide bonds. The van der Waals surface area contributed by atoms with Crippen LogP contribution in [0.25, 0.3) is 0 Å². The predicted molar refractivity (Wildman–Crippen MR) is 49.9 cm³/mol. The fourth-order valence-corrected chi connectivity index (χ4v) is 2.59. The molecule has 1 rings (SSSR count). The number of hydrogen-bond acceptors (Lipinski definition) is 3. The van der Waals surface area contributed by atoms with E-state index in [0.29, 0.717) is 5.25 Å². The van der Waals surface area contributed by atoms with E-state index in [-0.39, 0.29) is 0 Å². The van der Waals surface area contributed by atoms with Crippen LogP contribution in [0.4, 0.5) is 0 Å². The molecular formula is C8H17NOS. The molecule has 1 fully saturated rings. The number of ether oxygens (including phenoxy) is 1. The highest BCUT2D eigenvalue weighted by atomic mass is 32.2. The molecule has 0 bridgehead atoms. The van der Waals surface area contributed by atoms with Crippen molar-refractivity contribution >= 4 is 11.8 Å². The van der Waals surface area contributed by atoms with Crippen molar-refractivity contribution < 1.29 is 4.74 Å². The lowest BCUT2D eigenvalue weighted by atomic mass is 10.3. The van der Waals surface area contributed by atoms with Crippen molar-refractivity contribution in [2.75, 3.05) is 19.8 Å². The summed E-state index contributed by atoms with van der Waals surface area (Å²) in [4.78, 5) is 0. The number of thioether (sulfide) groups is 1. The van der Waals surface area contributed by atoms with Crippen LogP contribution in [0.2, 0.25) is 0 Å². The van der Waals surface area contributed by atoms with Crippen LogP contribution in [-0.4, -0.2) is 30.3 Å². The third-order valence-electron chi connectivity index (χ3n) is 1.89. The number of nitrogens with two attached hydrogens (primary N) is 1. The highest BCUT2D eigenvalue weighted by Gasteiger charge is 2.18. The summed E-state index contributed by atoms with van der Waals surface area (Å²) in [5, 5.41) is 1.43. The van der Waals surface area contributed by atoms with Gasteiger partial charge in [-0.3, -0.25) is 0 Å². The Labute approximate surface area is 72.9 Å². The first kappa shape index (κ1) is 9.36. The molecule has 0 aromatic rings. The van der Waals surface area contributed by atoms with Gasteiger partial charge in [0.1, 0.15) is 0 Å². The van der Waals surface area contributed by atoms with Crippen molar-refractivity contribution in [1.82, 2.24) is 0 Å². The molecule has 66 valence electrons. The molecule has 2 nitrogen and oxygen atoms in total. The maximum atomic E-state index is 5.46. The minimum Gasteiger partial charge on any atom is -0.380 e. The Morgan fingerprint density at radius 1 is 1.73 bits per heavy atom. The maximum absolute atomic E-state index is 5.46. The van der Waals surface area contributed by atoms with Crippen LogP contribution >= 0.6 is 11.8 Å². The molecule has 1 aliphatic heterocycles. The Kier molecular flexibility index (Phi) is 4.26. The van der Waals surface area contributed by atoms with E-state index in [2.05, 4.69) is 6.92 Å². The zero-order valence-corrected chi connectivity index (χ0v) is 7.90. The Hall–Kier alpha value is 0.270. The molecule has 1 saturated heterocycles. The summed E-state index contributed by atoms with van der Waals surface area (Å²) in [5.74, 6) is 0. The molecule has 0 aliphatic carbocycles. The van der Waals surface area contributed by atoms with Gasteiger partial charge >= 0.3 is 0 Å². The van der Waals surface area contributed by atoms with Crippen LogP contribution in [0.3, 0.4) is 0 Å². The largest absolute Gasteiger partial charge is 0.380 e. The normalized spacial score (nSPS) is 27.3. The van der Waals surface area contributed by atoms with E-state index in [4.69, 9.17) is 10.5 Å². The number of rotatable bonds is 4. The highest BCUT2D eigenvalue weighted by Crippen LogP contribution is 2.25. The standard InChI is InChI=1S/C8H17NOS/c1-7(2-4-9)11-8-3-5-10-6-8/h7-8H,2-6,9H2,1H3. The Balaban J connectivity index is 2.08. The third kappa shape index (κ3) is 3.45. The first-order chi connectivity index (χ1) is 5.33. The second kappa shape index (κ2) is 5.01. The molecule has 3 heteroatoms.